The van der Waals surface area contributed by atoms with Crippen LogP contribution in [0.4, 0.5) is 0 Å². The van der Waals surface area contributed by atoms with Crippen LogP contribution in [-0.4, -0.2) is 26.3 Å². The second-order valence-corrected chi connectivity index (χ2v) is 4.28. The van der Waals surface area contributed by atoms with Gasteiger partial charge in [0.2, 0.25) is 0 Å². The zero-order valence-corrected chi connectivity index (χ0v) is 10.5. The summed E-state index contributed by atoms with van der Waals surface area (Å²) < 4.78 is 5.32. The molecule has 0 saturated heterocycles. The summed E-state index contributed by atoms with van der Waals surface area (Å²) in [6, 6.07) is 0.504. The summed E-state index contributed by atoms with van der Waals surface area (Å²) in [6.07, 6.45) is 5.47. The third-order valence-electron chi connectivity index (χ3n) is 3.22. The number of likely N-dealkylation sites (N-methyl/N-ethyl adjacent to an activating group) is 1. The van der Waals surface area contributed by atoms with E-state index in [0.29, 0.717) is 12.1 Å². The zero-order valence-electron chi connectivity index (χ0n) is 10.5. The fourth-order valence-electron chi connectivity index (χ4n) is 1.67. The molecule has 0 heterocycles. The Hall–Kier alpha value is -0.0800. The first-order valence-corrected chi connectivity index (χ1v) is 5.85. The smallest absolute Gasteiger partial charge is 0.0696 e. The lowest BCUT2D eigenvalue weighted by molar-refractivity contribution is 0.0814. The third-order valence-corrected chi connectivity index (χ3v) is 3.22. The number of methoxy groups -OCH3 is 1. The predicted molar refractivity (Wildman–Crippen MR) is 62.6 cm³/mol. The summed E-state index contributed by atoms with van der Waals surface area (Å²) in [5, 5.41) is 3.32. The van der Waals surface area contributed by atoms with Crippen LogP contribution in [0.2, 0.25) is 0 Å². The second-order valence-electron chi connectivity index (χ2n) is 4.28. The Balaban J connectivity index is 3.62. The summed E-state index contributed by atoms with van der Waals surface area (Å²) in [6.45, 7) is 6.72. The van der Waals surface area contributed by atoms with Gasteiger partial charge in [0.15, 0.2) is 0 Å². The van der Waals surface area contributed by atoms with Gasteiger partial charge in [-0.3, -0.25) is 0 Å². The molecule has 0 aliphatic heterocycles. The van der Waals surface area contributed by atoms with Crippen molar-refractivity contribution in [2.75, 3.05) is 14.2 Å². The van der Waals surface area contributed by atoms with Crippen LogP contribution >= 0.6 is 0 Å². The lowest BCUT2D eigenvalue weighted by atomic mass is 9.98. The van der Waals surface area contributed by atoms with E-state index in [2.05, 4.69) is 26.1 Å². The minimum atomic E-state index is 0.317. The average molecular weight is 201 g/mol. The van der Waals surface area contributed by atoms with E-state index in [1.807, 2.05) is 7.05 Å². The van der Waals surface area contributed by atoms with E-state index >= 15 is 0 Å². The highest BCUT2D eigenvalue weighted by atomic mass is 16.5. The molecule has 0 aromatic rings. The molecule has 0 spiro atoms. The van der Waals surface area contributed by atoms with Crippen molar-refractivity contribution in [2.45, 2.75) is 58.6 Å². The van der Waals surface area contributed by atoms with Crippen molar-refractivity contribution < 1.29 is 4.74 Å². The summed E-state index contributed by atoms with van der Waals surface area (Å²) in [5.74, 6) is 0.866. The van der Waals surface area contributed by atoms with Gasteiger partial charge in [0.05, 0.1) is 6.10 Å². The first-order chi connectivity index (χ1) is 6.65. The molecule has 3 atom stereocenters. The van der Waals surface area contributed by atoms with Crippen molar-refractivity contribution in [1.29, 1.82) is 0 Å². The number of ether oxygens (including phenoxy) is 1. The third kappa shape index (κ3) is 5.61. The summed E-state index contributed by atoms with van der Waals surface area (Å²) in [4.78, 5) is 0. The van der Waals surface area contributed by atoms with Gasteiger partial charge in [0, 0.05) is 13.2 Å². The maximum Gasteiger partial charge on any atom is 0.0696 e. The SMILES string of the molecule is CCC(C)CCCC(NC)C(C)OC. The molecule has 2 nitrogen and oxygen atoms in total. The van der Waals surface area contributed by atoms with Crippen molar-refractivity contribution in [2.24, 2.45) is 5.92 Å². The molecule has 0 saturated carbocycles. The van der Waals surface area contributed by atoms with Gasteiger partial charge in [0.1, 0.15) is 0 Å². The zero-order chi connectivity index (χ0) is 11.0. The number of hydrogen-bond acceptors (Lipinski definition) is 2. The van der Waals surface area contributed by atoms with Gasteiger partial charge in [-0.05, 0) is 26.3 Å². The van der Waals surface area contributed by atoms with Crippen LogP contribution in [0.1, 0.15) is 46.5 Å². The van der Waals surface area contributed by atoms with Gasteiger partial charge in [-0.25, -0.2) is 0 Å². The summed E-state index contributed by atoms with van der Waals surface area (Å²) in [7, 11) is 3.80. The van der Waals surface area contributed by atoms with Crippen molar-refractivity contribution in [3.05, 3.63) is 0 Å². The predicted octanol–water partition coefficient (Wildman–Crippen LogP) is 2.83. The van der Waals surface area contributed by atoms with Crippen molar-refractivity contribution >= 4 is 0 Å². The van der Waals surface area contributed by atoms with Gasteiger partial charge >= 0.3 is 0 Å². The first kappa shape index (κ1) is 13.9. The molecule has 0 aliphatic rings. The topological polar surface area (TPSA) is 21.3 Å². The lowest BCUT2D eigenvalue weighted by Gasteiger charge is -2.22. The fraction of sp³-hybridized carbons (Fsp3) is 1.00. The van der Waals surface area contributed by atoms with E-state index < -0.39 is 0 Å². The Kier molecular flexibility index (Phi) is 8.20. The standard InChI is InChI=1S/C12H27NO/c1-6-10(2)8-7-9-12(13-4)11(3)14-5/h10-13H,6-9H2,1-5H3. The molecule has 1 N–H and O–H groups in total. The molecular formula is C12H27NO. The molecule has 3 unspecified atom stereocenters. The van der Waals surface area contributed by atoms with Crippen LogP contribution in [0.5, 0.6) is 0 Å². The molecule has 2 heteroatoms. The van der Waals surface area contributed by atoms with E-state index in [9.17, 15) is 0 Å². The van der Waals surface area contributed by atoms with E-state index in [1.54, 1.807) is 7.11 Å². The van der Waals surface area contributed by atoms with Crippen LogP contribution < -0.4 is 5.32 Å². The Morgan fingerprint density at radius 3 is 2.29 bits per heavy atom. The number of nitrogens with one attached hydrogen (secondary N) is 1. The van der Waals surface area contributed by atoms with Crippen LogP contribution in [-0.2, 0) is 4.74 Å². The van der Waals surface area contributed by atoms with E-state index in [-0.39, 0.29) is 0 Å². The fourth-order valence-corrected chi connectivity index (χ4v) is 1.67. The molecule has 0 aliphatic carbocycles. The lowest BCUT2D eigenvalue weighted by Crippen LogP contribution is -2.36. The van der Waals surface area contributed by atoms with Crippen molar-refractivity contribution in [1.82, 2.24) is 5.32 Å². The molecule has 0 aromatic carbocycles. The molecule has 0 amide bonds. The normalized spacial score (nSPS) is 17.8. The second kappa shape index (κ2) is 8.25. The highest BCUT2D eigenvalue weighted by Crippen LogP contribution is 2.14. The van der Waals surface area contributed by atoms with Gasteiger partial charge in [-0.15, -0.1) is 0 Å². The van der Waals surface area contributed by atoms with Gasteiger partial charge in [-0.1, -0.05) is 33.1 Å². The van der Waals surface area contributed by atoms with Gasteiger partial charge in [-0.2, -0.15) is 0 Å². The highest BCUT2D eigenvalue weighted by Gasteiger charge is 2.14. The molecule has 86 valence electrons. The molecule has 0 radical (unpaired) electrons. The van der Waals surface area contributed by atoms with Crippen LogP contribution in [0.15, 0.2) is 0 Å². The number of hydrogen-bond donors (Lipinski definition) is 1. The maximum absolute atomic E-state index is 5.32. The quantitative estimate of drug-likeness (QED) is 0.652. The first-order valence-electron chi connectivity index (χ1n) is 5.85. The Morgan fingerprint density at radius 2 is 1.86 bits per heavy atom. The van der Waals surface area contributed by atoms with E-state index in [4.69, 9.17) is 4.74 Å². The summed E-state index contributed by atoms with van der Waals surface area (Å²) >= 11 is 0. The van der Waals surface area contributed by atoms with Crippen LogP contribution in [0.3, 0.4) is 0 Å². The van der Waals surface area contributed by atoms with Gasteiger partial charge < -0.3 is 10.1 Å². The monoisotopic (exact) mass is 201 g/mol. The Morgan fingerprint density at radius 1 is 1.21 bits per heavy atom. The van der Waals surface area contributed by atoms with Crippen LogP contribution in [0, 0.1) is 5.92 Å². The summed E-state index contributed by atoms with van der Waals surface area (Å²) in [5.41, 5.74) is 0. The Bertz CT molecular complexity index is 127. The van der Waals surface area contributed by atoms with Crippen LogP contribution in [0.25, 0.3) is 0 Å². The molecular weight excluding hydrogens is 174 g/mol. The van der Waals surface area contributed by atoms with Gasteiger partial charge in [0.25, 0.3) is 0 Å². The molecule has 0 bridgehead atoms. The van der Waals surface area contributed by atoms with Crippen molar-refractivity contribution in [3.8, 4) is 0 Å². The Labute approximate surface area is 89.4 Å². The largest absolute Gasteiger partial charge is 0.380 e. The number of rotatable bonds is 8. The van der Waals surface area contributed by atoms with E-state index in [0.717, 1.165) is 5.92 Å². The minimum absolute atomic E-state index is 0.317. The maximum atomic E-state index is 5.32. The highest BCUT2D eigenvalue weighted by molar-refractivity contribution is 4.71. The molecule has 0 aromatic heterocycles. The minimum Gasteiger partial charge on any atom is -0.380 e. The molecule has 0 rings (SSSR count). The molecule has 0 fully saturated rings. The van der Waals surface area contributed by atoms with Crippen molar-refractivity contribution in [3.63, 3.8) is 0 Å². The van der Waals surface area contributed by atoms with E-state index in [1.165, 1.54) is 25.7 Å². The molecule has 14 heavy (non-hydrogen) atoms. The average Bonchev–Trinajstić information content (AvgIpc) is 2.22.